The molecule has 0 saturated carbocycles. The second kappa shape index (κ2) is 6.18. The Hall–Kier alpha value is -1.68. The third-order valence-corrected chi connectivity index (χ3v) is 3.94. The molecule has 20 heavy (non-hydrogen) atoms. The van der Waals surface area contributed by atoms with Crippen LogP contribution in [0.1, 0.15) is 44.8 Å². The fourth-order valence-electron chi connectivity index (χ4n) is 2.79. The van der Waals surface area contributed by atoms with Crippen LogP contribution >= 0.6 is 0 Å². The van der Waals surface area contributed by atoms with Gasteiger partial charge in [0.25, 0.3) is 5.69 Å². The highest BCUT2D eigenvalue weighted by Gasteiger charge is 2.29. The molecule has 1 saturated heterocycles. The first-order valence-corrected chi connectivity index (χ1v) is 7.04. The normalized spacial score (nSPS) is 26.8. The van der Waals surface area contributed by atoms with Gasteiger partial charge in [0.1, 0.15) is 0 Å². The van der Waals surface area contributed by atoms with E-state index in [0.717, 1.165) is 30.4 Å². The van der Waals surface area contributed by atoms with Gasteiger partial charge >= 0.3 is 0 Å². The van der Waals surface area contributed by atoms with E-state index >= 15 is 0 Å². The summed E-state index contributed by atoms with van der Waals surface area (Å²) in [6.07, 6.45) is 3.39. The quantitative estimate of drug-likeness (QED) is 0.466. The van der Waals surface area contributed by atoms with Gasteiger partial charge in [-0.1, -0.05) is 18.6 Å². The average Bonchev–Trinajstić information content (AvgIpc) is 2.60. The minimum atomic E-state index is -0.378. The molecule has 1 heterocycles. The van der Waals surface area contributed by atoms with E-state index in [0.29, 0.717) is 0 Å². The molecule has 1 fully saturated rings. The van der Waals surface area contributed by atoms with Crippen molar-refractivity contribution in [2.24, 2.45) is 5.92 Å². The van der Waals surface area contributed by atoms with E-state index in [1.165, 1.54) is 0 Å². The Morgan fingerprint density at radius 3 is 2.55 bits per heavy atom. The van der Waals surface area contributed by atoms with Crippen molar-refractivity contribution in [2.45, 2.75) is 45.3 Å². The Balaban J connectivity index is 2.29. The molecule has 0 aromatic heterocycles. The first kappa shape index (κ1) is 14.7. The van der Waals surface area contributed by atoms with E-state index in [1.54, 1.807) is 24.3 Å². The van der Waals surface area contributed by atoms with Crippen molar-refractivity contribution in [1.29, 1.82) is 0 Å². The zero-order valence-corrected chi connectivity index (χ0v) is 12.0. The fourth-order valence-corrected chi connectivity index (χ4v) is 2.79. The number of benzene rings is 1. The van der Waals surface area contributed by atoms with Crippen molar-refractivity contribution < 1.29 is 9.66 Å². The number of nitro groups is 1. The van der Waals surface area contributed by atoms with Crippen LogP contribution in [0.25, 0.3) is 0 Å². The van der Waals surface area contributed by atoms with Crippen LogP contribution in [0.15, 0.2) is 36.4 Å². The van der Waals surface area contributed by atoms with E-state index in [1.807, 2.05) is 6.92 Å². The van der Waals surface area contributed by atoms with Gasteiger partial charge in [0, 0.05) is 18.1 Å². The van der Waals surface area contributed by atoms with Gasteiger partial charge in [-0.3, -0.25) is 10.1 Å². The van der Waals surface area contributed by atoms with Gasteiger partial charge in [0.05, 0.1) is 17.1 Å². The lowest BCUT2D eigenvalue weighted by molar-refractivity contribution is -0.384. The highest BCUT2D eigenvalue weighted by Crippen LogP contribution is 2.38. The molecule has 0 aliphatic carbocycles. The maximum Gasteiger partial charge on any atom is 0.269 e. The number of rotatable bonds is 3. The SMILES string of the molecule is C=C(C)[C@@H]1CCC[C@H](C)O[C@@H]1c1ccc([N+](=O)[O-])cc1. The van der Waals surface area contributed by atoms with Crippen molar-refractivity contribution in [3.05, 3.63) is 52.1 Å². The molecular formula is C16H21NO3. The van der Waals surface area contributed by atoms with Crippen molar-refractivity contribution in [3.63, 3.8) is 0 Å². The number of ether oxygens (including phenoxy) is 1. The molecule has 3 atom stereocenters. The molecule has 0 bridgehead atoms. The monoisotopic (exact) mass is 275 g/mol. The van der Waals surface area contributed by atoms with Gasteiger partial charge in [-0.25, -0.2) is 0 Å². The van der Waals surface area contributed by atoms with E-state index in [9.17, 15) is 10.1 Å². The largest absolute Gasteiger partial charge is 0.370 e. The lowest BCUT2D eigenvalue weighted by Gasteiger charge is -2.27. The van der Waals surface area contributed by atoms with Crippen molar-refractivity contribution in [3.8, 4) is 0 Å². The van der Waals surface area contributed by atoms with Crippen LogP contribution in [0.2, 0.25) is 0 Å². The van der Waals surface area contributed by atoms with Crippen LogP contribution in [-0.4, -0.2) is 11.0 Å². The van der Waals surface area contributed by atoms with Gasteiger partial charge in [-0.05, 0) is 44.4 Å². The molecule has 1 aromatic rings. The number of nitro benzene ring substituents is 1. The Morgan fingerprint density at radius 1 is 1.35 bits per heavy atom. The summed E-state index contributed by atoms with van der Waals surface area (Å²) in [5.41, 5.74) is 2.22. The zero-order chi connectivity index (χ0) is 14.7. The van der Waals surface area contributed by atoms with E-state index in [-0.39, 0.29) is 28.7 Å². The molecule has 0 N–H and O–H groups in total. The highest BCUT2D eigenvalue weighted by molar-refractivity contribution is 5.34. The summed E-state index contributed by atoms with van der Waals surface area (Å²) in [5.74, 6) is 0.279. The third-order valence-electron chi connectivity index (χ3n) is 3.94. The number of non-ortho nitro benzene ring substituents is 1. The van der Waals surface area contributed by atoms with Gasteiger partial charge < -0.3 is 4.74 Å². The summed E-state index contributed by atoms with van der Waals surface area (Å²) in [4.78, 5) is 10.3. The Kier molecular flexibility index (Phi) is 4.55. The van der Waals surface area contributed by atoms with Crippen LogP contribution in [0.4, 0.5) is 5.69 Å². The molecule has 0 amide bonds. The second-order valence-corrected chi connectivity index (χ2v) is 5.60. The van der Waals surface area contributed by atoms with Gasteiger partial charge in [-0.2, -0.15) is 0 Å². The summed E-state index contributed by atoms with van der Waals surface area (Å²) in [6.45, 7) is 8.19. The molecular weight excluding hydrogens is 254 g/mol. The van der Waals surface area contributed by atoms with E-state index in [2.05, 4.69) is 13.5 Å². The van der Waals surface area contributed by atoms with E-state index < -0.39 is 0 Å². The maximum absolute atomic E-state index is 10.7. The van der Waals surface area contributed by atoms with E-state index in [4.69, 9.17) is 4.74 Å². The highest BCUT2D eigenvalue weighted by atomic mass is 16.6. The first-order valence-electron chi connectivity index (χ1n) is 7.04. The summed E-state index contributed by atoms with van der Waals surface area (Å²) in [7, 11) is 0. The smallest absolute Gasteiger partial charge is 0.269 e. The molecule has 1 aliphatic heterocycles. The second-order valence-electron chi connectivity index (χ2n) is 5.60. The Labute approximate surface area is 119 Å². The predicted octanol–water partition coefficient (Wildman–Crippen LogP) is 4.42. The van der Waals surface area contributed by atoms with Gasteiger partial charge in [0.15, 0.2) is 0 Å². The molecule has 108 valence electrons. The standard InChI is InChI=1S/C16H21NO3/c1-11(2)15-6-4-5-12(3)20-16(15)13-7-9-14(10-8-13)17(18)19/h7-10,12,15-16H,1,4-6H2,2-3H3/t12-,15-,16+/m0/s1. The summed E-state index contributed by atoms with van der Waals surface area (Å²) >= 11 is 0. The molecule has 0 radical (unpaired) electrons. The molecule has 4 nitrogen and oxygen atoms in total. The molecule has 0 spiro atoms. The van der Waals surface area contributed by atoms with Crippen molar-refractivity contribution in [2.75, 3.05) is 0 Å². The van der Waals surface area contributed by atoms with Crippen LogP contribution in [-0.2, 0) is 4.74 Å². The topological polar surface area (TPSA) is 52.4 Å². The Bertz CT molecular complexity index is 495. The molecule has 1 aromatic carbocycles. The minimum absolute atomic E-state index is 0.0502. The van der Waals surface area contributed by atoms with Crippen molar-refractivity contribution >= 4 is 5.69 Å². The molecule has 0 unspecified atom stereocenters. The molecule has 1 aliphatic rings. The lowest BCUT2D eigenvalue weighted by atomic mass is 9.87. The van der Waals surface area contributed by atoms with Gasteiger partial charge in [-0.15, -0.1) is 0 Å². The summed E-state index contributed by atoms with van der Waals surface area (Å²) < 4.78 is 6.14. The van der Waals surface area contributed by atoms with Crippen LogP contribution in [0.3, 0.4) is 0 Å². The predicted molar refractivity (Wildman–Crippen MR) is 78.5 cm³/mol. The molecule has 2 rings (SSSR count). The minimum Gasteiger partial charge on any atom is -0.370 e. The summed E-state index contributed by atoms with van der Waals surface area (Å²) in [6, 6.07) is 6.70. The maximum atomic E-state index is 10.7. The Morgan fingerprint density at radius 2 is 2.00 bits per heavy atom. The van der Waals surface area contributed by atoms with Gasteiger partial charge in [0.2, 0.25) is 0 Å². The average molecular weight is 275 g/mol. The van der Waals surface area contributed by atoms with Crippen LogP contribution in [0, 0.1) is 16.0 Å². The fraction of sp³-hybridized carbons (Fsp3) is 0.500. The zero-order valence-electron chi connectivity index (χ0n) is 12.0. The molecule has 4 heteroatoms. The third kappa shape index (κ3) is 3.25. The summed E-state index contributed by atoms with van der Waals surface area (Å²) in [5, 5.41) is 10.7. The van der Waals surface area contributed by atoms with Crippen LogP contribution < -0.4 is 0 Å². The number of hydrogen-bond donors (Lipinski definition) is 0. The number of hydrogen-bond acceptors (Lipinski definition) is 3. The first-order chi connectivity index (χ1) is 9.49. The number of nitrogens with zero attached hydrogens (tertiary/aromatic N) is 1. The van der Waals surface area contributed by atoms with Crippen molar-refractivity contribution in [1.82, 2.24) is 0 Å². The van der Waals surface area contributed by atoms with Crippen LogP contribution in [0.5, 0.6) is 0 Å². The lowest BCUT2D eigenvalue weighted by Crippen LogP contribution is -2.18.